The Hall–Kier alpha value is -2.14. The van der Waals surface area contributed by atoms with Crippen LogP contribution in [0.1, 0.15) is 5.56 Å². The Kier molecular flexibility index (Phi) is 3.00. The lowest BCUT2D eigenvalue weighted by molar-refractivity contribution is 0.292. The van der Waals surface area contributed by atoms with Crippen LogP contribution in [0, 0.1) is 11.8 Å². The van der Waals surface area contributed by atoms with Crippen molar-refractivity contribution >= 4 is 11.6 Å². The van der Waals surface area contributed by atoms with Crippen LogP contribution in [0.4, 0.5) is 11.6 Å². The third-order valence-corrected chi connectivity index (χ3v) is 4.55. The van der Waals surface area contributed by atoms with E-state index in [0.717, 1.165) is 37.3 Å². The Morgan fingerprint density at radius 1 is 1.10 bits per heavy atom. The molecule has 5 heteroatoms. The van der Waals surface area contributed by atoms with E-state index in [-0.39, 0.29) is 0 Å². The summed E-state index contributed by atoms with van der Waals surface area (Å²) in [5.74, 6) is 2.65. The number of likely N-dealkylation sites (tertiary alicyclic amines) is 1. The van der Waals surface area contributed by atoms with Crippen molar-refractivity contribution in [1.29, 1.82) is 0 Å². The molecule has 2 atom stereocenters. The second kappa shape index (κ2) is 5.00. The minimum Gasteiger partial charge on any atom is -0.381 e. The van der Waals surface area contributed by atoms with Crippen LogP contribution >= 0.6 is 0 Å². The van der Waals surface area contributed by atoms with Crippen molar-refractivity contribution < 1.29 is 0 Å². The summed E-state index contributed by atoms with van der Waals surface area (Å²) in [5, 5.41) is 3.45. The zero-order valence-electron chi connectivity index (χ0n) is 11.8. The molecule has 1 saturated carbocycles. The van der Waals surface area contributed by atoms with Crippen molar-refractivity contribution in [1.82, 2.24) is 14.9 Å². The van der Waals surface area contributed by atoms with Gasteiger partial charge in [0.1, 0.15) is 0 Å². The van der Waals surface area contributed by atoms with Crippen LogP contribution in [0.3, 0.4) is 0 Å². The van der Waals surface area contributed by atoms with Crippen molar-refractivity contribution in [3.05, 3.63) is 48.3 Å². The number of anilines is 2. The van der Waals surface area contributed by atoms with Crippen LogP contribution in [0.5, 0.6) is 0 Å². The van der Waals surface area contributed by atoms with E-state index in [1.165, 1.54) is 5.56 Å². The minimum atomic E-state index is 0.489. The molecule has 0 spiro atoms. The van der Waals surface area contributed by atoms with Gasteiger partial charge in [0.15, 0.2) is 11.6 Å². The van der Waals surface area contributed by atoms with Crippen molar-refractivity contribution in [2.45, 2.75) is 12.6 Å². The lowest BCUT2D eigenvalue weighted by Gasteiger charge is -2.20. The second-order valence-corrected chi connectivity index (χ2v) is 5.97. The zero-order chi connectivity index (χ0) is 14.2. The van der Waals surface area contributed by atoms with E-state index < -0.39 is 0 Å². The number of piperidine rings is 1. The number of nitrogens with zero attached hydrogens (tertiary/aromatic N) is 3. The predicted octanol–water partition coefficient (Wildman–Crippen LogP) is 1.60. The monoisotopic (exact) mass is 281 g/mol. The molecule has 108 valence electrons. The molecule has 2 unspecified atom stereocenters. The maximum atomic E-state index is 5.83. The molecule has 2 aromatic rings. The standard InChI is InChI=1S/C16H19N5/c17-15-16(19-7-6-18-15)20-14-12-9-21(10-13(12)14)8-11-4-2-1-3-5-11/h1-7,12-14H,8-10H2,(H2,17,18)(H,19,20). The first-order valence-corrected chi connectivity index (χ1v) is 7.40. The Morgan fingerprint density at radius 3 is 2.52 bits per heavy atom. The van der Waals surface area contributed by atoms with Gasteiger partial charge in [-0.1, -0.05) is 30.3 Å². The smallest absolute Gasteiger partial charge is 0.169 e. The fourth-order valence-corrected chi connectivity index (χ4v) is 3.42. The number of nitrogens with one attached hydrogen (secondary N) is 1. The predicted molar refractivity (Wildman–Crippen MR) is 82.6 cm³/mol. The maximum absolute atomic E-state index is 5.83. The summed E-state index contributed by atoms with van der Waals surface area (Å²) in [6.07, 6.45) is 3.30. The third-order valence-electron chi connectivity index (χ3n) is 4.55. The topological polar surface area (TPSA) is 67.1 Å². The van der Waals surface area contributed by atoms with Gasteiger partial charge in [0, 0.05) is 38.1 Å². The van der Waals surface area contributed by atoms with Crippen molar-refractivity contribution in [2.24, 2.45) is 11.8 Å². The molecular weight excluding hydrogens is 262 g/mol. The highest BCUT2D eigenvalue weighted by molar-refractivity contribution is 5.56. The number of aromatic nitrogens is 2. The molecule has 4 rings (SSSR count). The minimum absolute atomic E-state index is 0.489. The molecule has 3 N–H and O–H groups in total. The van der Waals surface area contributed by atoms with Gasteiger partial charge in [-0.15, -0.1) is 0 Å². The highest BCUT2D eigenvalue weighted by atomic mass is 15.2. The normalized spacial score (nSPS) is 27.3. The maximum Gasteiger partial charge on any atom is 0.169 e. The van der Waals surface area contributed by atoms with Crippen LogP contribution in [0.2, 0.25) is 0 Å². The molecule has 2 aliphatic rings. The summed E-state index contributed by atoms with van der Waals surface area (Å²) >= 11 is 0. The summed E-state index contributed by atoms with van der Waals surface area (Å²) in [6.45, 7) is 3.35. The number of rotatable bonds is 4. The molecular formula is C16H19N5. The van der Waals surface area contributed by atoms with E-state index in [9.17, 15) is 0 Å². The fraction of sp³-hybridized carbons (Fsp3) is 0.375. The van der Waals surface area contributed by atoms with Crippen molar-refractivity contribution in [3.63, 3.8) is 0 Å². The fourth-order valence-electron chi connectivity index (χ4n) is 3.42. The Balaban J connectivity index is 1.33. The van der Waals surface area contributed by atoms with Crippen LogP contribution in [-0.2, 0) is 6.54 Å². The van der Waals surface area contributed by atoms with Gasteiger partial charge in [-0.25, -0.2) is 9.97 Å². The summed E-state index contributed by atoms with van der Waals surface area (Å²) < 4.78 is 0. The molecule has 2 fully saturated rings. The van der Waals surface area contributed by atoms with E-state index in [2.05, 4.69) is 50.5 Å². The molecule has 2 heterocycles. The van der Waals surface area contributed by atoms with Gasteiger partial charge in [-0.3, -0.25) is 4.90 Å². The van der Waals surface area contributed by atoms with Crippen LogP contribution in [-0.4, -0.2) is 34.0 Å². The molecule has 21 heavy (non-hydrogen) atoms. The molecule has 0 bridgehead atoms. The highest BCUT2D eigenvalue weighted by Crippen LogP contribution is 2.47. The summed E-state index contributed by atoms with van der Waals surface area (Å²) in [5.41, 5.74) is 7.22. The lowest BCUT2D eigenvalue weighted by Crippen LogP contribution is -2.27. The number of nitrogens with two attached hydrogens (primary N) is 1. The van der Waals surface area contributed by atoms with Crippen molar-refractivity contribution in [2.75, 3.05) is 24.1 Å². The first kappa shape index (κ1) is 12.6. The molecule has 1 aromatic carbocycles. The van der Waals surface area contributed by atoms with Gasteiger partial charge in [0.25, 0.3) is 0 Å². The Morgan fingerprint density at radius 2 is 1.81 bits per heavy atom. The van der Waals surface area contributed by atoms with E-state index in [1.807, 2.05) is 0 Å². The molecule has 1 saturated heterocycles. The average Bonchev–Trinajstić information content (AvgIpc) is 2.94. The van der Waals surface area contributed by atoms with E-state index in [1.54, 1.807) is 12.4 Å². The molecule has 0 amide bonds. The molecule has 1 aromatic heterocycles. The zero-order valence-corrected chi connectivity index (χ0v) is 11.8. The molecule has 5 nitrogen and oxygen atoms in total. The molecule has 0 radical (unpaired) electrons. The quantitative estimate of drug-likeness (QED) is 0.891. The van der Waals surface area contributed by atoms with Crippen LogP contribution < -0.4 is 11.1 Å². The van der Waals surface area contributed by atoms with E-state index in [0.29, 0.717) is 11.9 Å². The summed E-state index contributed by atoms with van der Waals surface area (Å²) in [4.78, 5) is 10.9. The Bertz CT molecular complexity index is 618. The number of nitrogen functional groups attached to an aromatic ring is 1. The van der Waals surface area contributed by atoms with Crippen molar-refractivity contribution in [3.8, 4) is 0 Å². The Labute approximate surface area is 124 Å². The number of fused-ring (bicyclic) bond motifs is 1. The second-order valence-electron chi connectivity index (χ2n) is 5.97. The number of benzene rings is 1. The van der Waals surface area contributed by atoms with Gasteiger partial charge in [0.2, 0.25) is 0 Å². The summed E-state index contributed by atoms with van der Waals surface area (Å²) in [7, 11) is 0. The first-order chi connectivity index (χ1) is 10.3. The average molecular weight is 281 g/mol. The first-order valence-electron chi connectivity index (χ1n) is 7.40. The van der Waals surface area contributed by atoms with Crippen LogP contribution in [0.15, 0.2) is 42.7 Å². The third kappa shape index (κ3) is 2.45. The largest absolute Gasteiger partial charge is 0.381 e. The van der Waals surface area contributed by atoms with Gasteiger partial charge in [-0.2, -0.15) is 0 Å². The summed E-state index contributed by atoms with van der Waals surface area (Å²) in [6, 6.07) is 11.2. The van der Waals surface area contributed by atoms with Gasteiger partial charge >= 0.3 is 0 Å². The van der Waals surface area contributed by atoms with Gasteiger partial charge in [-0.05, 0) is 17.4 Å². The van der Waals surface area contributed by atoms with E-state index in [4.69, 9.17) is 5.73 Å². The van der Waals surface area contributed by atoms with Crippen LogP contribution in [0.25, 0.3) is 0 Å². The van der Waals surface area contributed by atoms with E-state index >= 15 is 0 Å². The molecule has 1 aliphatic heterocycles. The lowest BCUT2D eigenvalue weighted by atomic mass is 10.2. The highest BCUT2D eigenvalue weighted by Gasteiger charge is 2.55. The molecule has 1 aliphatic carbocycles. The number of hydrogen-bond donors (Lipinski definition) is 2. The SMILES string of the molecule is Nc1nccnc1NC1C2CN(Cc3ccccc3)CC21. The van der Waals surface area contributed by atoms with Gasteiger partial charge < -0.3 is 11.1 Å². The number of hydrogen-bond acceptors (Lipinski definition) is 5. The van der Waals surface area contributed by atoms with Gasteiger partial charge in [0.05, 0.1) is 0 Å².